The van der Waals surface area contributed by atoms with Gasteiger partial charge in [0.05, 0.1) is 11.5 Å². The second kappa shape index (κ2) is 7.12. The molecule has 1 aliphatic carbocycles. The number of rotatable bonds is 7. The maximum absolute atomic E-state index is 11.9. The molecule has 1 aromatic heterocycles. The lowest BCUT2D eigenvalue weighted by molar-refractivity contribution is 0.0948. The van der Waals surface area contributed by atoms with E-state index in [1.54, 1.807) is 11.3 Å². The van der Waals surface area contributed by atoms with Gasteiger partial charge in [0.2, 0.25) is 0 Å². The van der Waals surface area contributed by atoms with E-state index in [-0.39, 0.29) is 5.91 Å². The summed E-state index contributed by atoms with van der Waals surface area (Å²) in [5.74, 6) is 0.569. The summed E-state index contributed by atoms with van der Waals surface area (Å²) in [7, 11) is 0. The largest absolute Gasteiger partial charge is 0.380 e. The number of nitrogens with one attached hydrogen (secondary N) is 1. The number of halogens is 1. The fraction of sp³-hybridized carbons (Fsp3) is 0.615. The van der Waals surface area contributed by atoms with Crippen LogP contribution in [0.5, 0.6) is 0 Å². The van der Waals surface area contributed by atoms with Gasteiger partial charge >= 0.3 is 0 Å². The van der Waals surface area contributed by atoms with Crippen LogP contribution >= 0.6 is 22.9 Å². The molecular weight excluding hydrogens is 270 g/mol. The molecule has 1 heterocycles. The van der Waals surface area contributed by atoms with E-state index in [9.17, 15) is 4.79 Å². The molecule has 0 saturated heterocycles. The summed E-state index contributed by atoms with van der Waals surface area (Å²) in [5, 5.41) is 2.92. The summed E-state index contributed by atoms with van der Waals surface area (Å²) in [6.07, 6.45) is 4.33. The third-order valence-corrected chi connectivity index (χ3v) is 4.33. The van der Waals surface area contributed by atoms with Crippen LogP contribution in [0.3, 0.4) is 0 Å². The number of thiophene rings is 1. The number of carbonyl (C=O) groups is 1. The number of carbonyl (C=O) groups excluding carboxylic acids is 1. The number of hydrogen-bond acceptors (Lipinski definition) is 3. The van der Waals surface area contributed by atoms with Crippen LogP contribution in [-0.2, 0) is 17.6 Å². The number of ether oxygens (including phenoxy) is 1. The topological polar surface area (TPSA) is 38.3 Å². The van der Waals surface area contributed by atoms with Crippen molar-refractivity contribution in [3.05, 3.63) is 21.4 Å². The molecule has 2 rings (SSSR count). The lowest BCUT2D eigenvalue weighted by Crippen LogP contribution is -2.24. The molecule has 0 unspecified atom stereocenters. The fourth-order valence-corrected chi connectivity index (χ4v) is 3.34. The maximum Gasteiger partial charge on any atom is 0.261 e. The molecule has 1 N–H and O–H groups in total. The van der Waals surface area contributed by atoms with Crippen LogP contribution in [0.2, 0.25) is 0 Å². The first kappa shape index (κ1) is 13.8. The Morgan fingerprint density at radius 1 is 1.44 bits per heavy atom. The molecule has 1 aliphatic rings. The molecule has 0 aliphatic heterocycles. The minimum Gasteiger partial charge on any atom is -0.380 e. The van der Waals surface area contributed by atoms with Crippen molar-refractivity contribution in [3.8, 4) is 0 Å². The van der Waals surface area contributed by atoms with Crippen LogP contribution in [0.15, 0.2) is 6.07 Å². The molecule has 18 heavy (non-hydrogen) atoms. The van der Waals surface area contributed by atoms with Gasteiger partial charge in [-0.05, 0) is 37.3 Å². The first-order valence-corrected chi connectivity index (χ1v) is 7.70. The van der Waals surface area contributed by atoms with Crippen LogP contribution in [0.1, 0.15) is 33.0 Å². The monoisotopic (exact) mass is 287 g/mol. The van der Waals surface area contributed by atoms with Crippen LogP contribution in [0.4, 0.5) is 0 Å². The molecule has 0 atom stereocenters. The van der Waals surface area contributed by atoms with Crippen molar-refractivity contribution in [2.75, 3.05) is 25.6 Å². The highest BCUT2D eigenvalue weighted by atomic mass is 35.5. The number of fused-ring (bicyclic) bond motifs is 1. The summed E-state index contributed by atoms with van der Waals surface area (Å²) in [6, 6.07) is 2.05. The zero-order valence-electron chi connectivity index (χ0n) is 10.3. The van der Waals surface area contributed by atoms with Crippen molar-refractivity contribution in [3.63, 3.8) is 0 Å². The van der Waals surface area contributed by atoms with Crippen molar-refractivity contribution >= 4 is 28.8 Å². The predicted octanol–water partition coefficient (Wildman–Crippen LogP) is 2.61. The van der Waals surface area contributed by atoms with Crippen molar-refractivity contribution in [1.82, 2.24) is 5.32 Å². The third-order valence-electron chi connectivity index (χ3n) is 2.94. The molecular formula is C13H18ClNO2S. The van der Waals surface area contributed by atoms with Gasteiger partial charge in [-0.25, -0.2) is 0 Å². The molecule has 1 aromatic rings. The standard InChI is InChI=1S/C13H18ClNO2S/c14-5-8-17-7-2-6-15-13(16)12-9-10-3-1-4-11(10)18-12/h9H,1-8H2,(H,15,16). The van der Waals surface area contributed by atoms with E-state index < -0.39 is 0 Å². The van der Waals surface area contributed by atoms with Crippen LogP contribution in [-0.4, -0.2) is 31.5 Å². The van der Waals surface area contributed by atoms with E-state index in [2.05, 4.69) is 5.32 Å². The normalized spacial score (nSPS) is 13.6. The summed E-state index contributed by atoms with van der Waals surface area (Å²) >= 11 is 7.13. The van der Waals surface area contributed by atoms with Gasteiger partial charge in [0.15, 0.2) is 0 Å². The average Bonchev–Trinajstić information content (AvgIpc) is 2.93. The molecule has 0 bridgehead atoms. The number of aryl methyl sites for hydroxylation is 2. The van der Waals surface area contributed by atoms with Gasteiger partial charge in [-0.15, -0.1) is 22.9 Å². The summed E-state index contributed by atoms with van der Waals surface area (Å²) < 4.78 is 5.24. The zero-order chi connectivity index (χ0) is 12.8. The Labute approximate surface area is 116 Å². The minimum atomic E-state index is 0.0479. The second-order valence-electron chi connectivity index (χ2n) is 4.32. The Bertz CT molecular complexity index is 384. The Morgan fingerprint density at radius 2 is 2.33 bits per heavy atom. The quantitative estimate of drug-likeness (QED) is 0.618. The number of amides is 1. The lowest BCUT2D eigenvalue weighted by Gasteiger charge is -2.04. The van der Waals surface area contributed by atoms with Gasteiger partial charge < -0.3 is 10.1 Å². The summed E-state index contributed by atoms with van der Waals surface area (Å²) in [5.41, 5.74) is 1.37. The minimum absolute atomic E-state index is 0.0479. The van der Waals surface area contributed by atoms with Gasteiger partial charge in [-0.3, -0.25) is 4.79 Å². The van der Waals surface area contributed by atoms with E-state index in [1.807, 2.05) is 6.07 Å². The van der Waals surface area contributed by atoms with Gasteiger partial charge in [-0.2, -0.15) is 0 Å². The van der Waals surface area contributed by atoms with Crippen LogP contribution in [0.25, 0.3) is 0 Å². The Morgan fingerprint density at radius 3 is 3.11 bits per heavy atom. The van der Waals surface area contributed by atoms with Crippen molar-refractivity contribution < 1.29 is 9.53 Å². The molecule has 0 radical (unpaired) electrons. The molecule has 0 spiro atoms. The highest BCUT2D eigenvalue weighted by Gasteiger charge is 2.17. The first-order valence-electron chi connectivity index (χ1n) is 6.34. The second-order valence-corrected chi connectivity index (χ2v) is 5.84. The summed E-state index contributed by atoms with van der Waals surface area (Å²) in [4.78, 5) is 14.1. The molecule has 0 saturated carbocycles. The van der Waals surface area contributed by atoms with E-state index in [0.29, 0.717) is 25.6 Å². The van der Waals surface area contributed by atoms with Crippen molar-refractivity contribution in [2.24, 2.45) is 0 Å². The summed E-state index contributed by atoms with van der Waals surface area (Å²) in [6.45, 7) is 1.88. The van der Waals surface area contributed by atoms with Gasteiger partial charge in [0, 0.05) is 23.9 Å². The first-order chi connectivity index (χ1) is 8.81. The Hall–Kier alpha value is -0.580. The van der Waals surface area contributed by atoms with E-state index in [4.69, 9.17) is 16.3 Å². The highest BCUT2D eigenvalue weighted by molar-refractivity contribution is 7.14. The maximum atomic E-state index is 11.9. The average molecular weight is 288 g/mol. The number of hydrogen-bond donors (Lipinski definition) is 1. The van der Waals surface area contributed by atoms with Crippen molar-refractivity contribution in [2.45, 2.75) is 25.7 Å². The predicted molar refractivity (Wildman–Crippen MR) is 74.8 cm³/mol. The van der Waals surface area contributed by atoms with E-state index >= 15 is 0 Å². The van der Waals surface area contributed by atoms with Crippen LogP contribution < -0.4 is 5.32 Å². The van der Waals surface area contributed by atoms with Gasteiger partial charge in [0.1, 0.15) is 0 Å². The van der Waals surface area contributed by atoms with Crippen molar-refractivity contribution in [1.29, 1.82) is 0 Å². The molecule has 100 valence electrons. The third kappa shape index (κ3) is 3.70. The fourth-order valence-electron chi connectivity index (χ4n) is 2.06. The molecule has 0 fully saturated rings. The van der Waals surface area contributed by atoms with Crippen LogP contribution in [0, 0.1) is 0 Å². The molecule has 5 heteroatoms. The molecule has 3 nitrogen and oxygen atoms in total. The van der Waals surface area contributed by atoms with E-state index in [0.717, 1.165) is 24.1 Å². The molecule has 1 amide bonds. The zero-order valence-corrected chi connectivity index (χ0v) is 11.9. The number of alkyl halides is 1. The Kier molecular flexibility index (Phi) is 5.47. The SMILES string of the molecule is O=C(NCCCOCCCl)c1cc2c(s1)CCC2. The van der Waals surface area contributed by atoms with Gasteiger partial charge in [-0.1, -0.05) is 0 Å². The van der Waals surface area contributed by atoms with Gasteiger partial charge in [0.25, 0.3) is 5.91 Å². The Balaban J connectivity index is 1.68. The molecule has 0 aromatic carbocycles. The smallest absolute Gasteiger partial charge is 0.261 e. The van der Waals surface area contributed by atoms with E-state index in [1.165, 1.54) is 16.9 Å². The lowest BCUT2D eigenvalue weighted by atomic mass is 10.2. The highest BCUT2D eigenvalue weighted by Crippen LogP contribution is 2.30.